The fourth-order valence-corrected chi connectivity index (χ4v) is 3.14. The summed E-state index contributed by atoms with van der Waals surface area (Å²) in [6.45, 7) is 8.84. The van der Waals surface area contributed by atoms with Crippen LogP contribution in [0.4, 0.5) is 0 Å². The number of hydrogen-bond acceptors (Lipinski definition) is 2. The Hall–Kier alpha value is -0.830. The van der Waals surface area contributed by atoms with E-state index in [1.165, 1.54) is 17.0 Å². The fourth-order valence-electron chi connectivity index (χ4n) is 3.14. The minimum Gasteiger partial charge on any atom is -0.327 e. The van der Waals surface area contributed by atoms with Crippen LogP contribution in [0.5, 0.6) is 0 Å². The van der Waals surface area contributed by atoms with E-state index in [2.05, 4.69) is 32.8 Å². The molecule has 1 heterocycles. The Bertz CT molecular complexity index is 408. The molecule has 2 rings (SSSR count). The number of nitrogens with zero attached hydrogens (tertiary/aromatic N) is 2. The van der Waals surface area contributed by atoms with Gasteiger partial charge in [0.15, 0.2) is 0 Å². The first-order valence-electron chi connectivity index (χ1n) is 6.17. The van der Waals surface area contributed by atoms with Crippen molar-refractivity contribution >= 4 is 0 Å². The zero-order valence-corrected chi connectivity index (χ0v) is 11.0. The lowest BCUT2D eigenvalue weighted by atomic mass is 9.54. The Morgan fingerprint density at radius 3 is 2.50 bits per heavy atom. The van der Waals surface area contributed by atoms with E-state index in [9.17, 15) is 0 Å². The van der Waals surface area contributed by atoms with Gasteiger partial charge < -0.3 is 5.73 Å². The molecule has 0 spiro atoms. The molecule has 90 valence electrons. The van der Waals surface area contributed by atoms with Crippen molar-refractivity contribution in [1.29, 1.82) is 0 Å². The summed E-state index contributed by atoms with van der Waals surface area (Å²) in [5, 5.41) is 4.51. The molecule has 0 saturated heterocycles. The molecule has 0 aliphatic heterocycles. The standard InChI is InChI=1S/C13H23N3/c1-6-13(4)10(7-11(13)14)12-8(2)15-16(5)9(12)3/h10-11H,6-7,14H2,1-5H3. The van der Waals surface area contributed by atoms with Crippen molar-refractivity contribution in [1.82, 2.24) is 9.78 Å². The van der Waals surface area contributed by atoms with E-state index in [-0.39, 0.29) is 5.41 Å². The van der Waals surface area contributed by atoms with Gasteiger partial charge in [0.25, 0.3) is 0 Å². The predicted molar refractivity (Wildman–Crippen MR) is 66.4 cm³/mol. The highest BCUT2D eigenvalue weighted by molar-refractivity contribution is 5.34. The lowest BCUT2D eigenvalue weighted by Crippen LogP contribution is -2.54. The van der Waals surface area contributed by atoms with Gasteiger partial charge in [-0.15, -0.1) is 0 Å². The maximum atomic E-state index is 6.17. The van der Waals surface area contributed by atoms with Crippen molar-refractivity contribution < 1.29 is 0 Å². The molecule has 3 heteroatoms. The van der Waals surface area contributed by atoms with Gasteiger partial charge >= 0.3 is 0 Å². The number of aromatic nitrogens is 2. The number of rotatable bonds is 2. The van der Waals surface area contributed by atoms with Crippen LogP contribution in [0.1, 0.15) is 49.6 Å². The molecule has 1 aliphatic carbocycles. The number of nitrogens with two attached hydrogens (primary N) is 1. The van der Waals surface area contributed by atoms with Gasteiger partial charge in [-0.1, -0.05) is 13.8 Å². The number of hydrogen-bond donors (Lipinski definition) is 1. The first-order chi connectivity index (χ1) is 7.41. The van der Waals surface area contributed by atoms with E-state index in [1.54, 1.807) is 0 Å². The van der Waals surface area contributed by atoms with Gasteiger partial charge in [-0.3, -0.25) is 4.68 Å². The molecule has 0 radical (unpaired) electrons. The smallest absolute Gasteiger partial charge is 0.0631 e. The summed E-state index contributed by atoms with van der Waals surface area (Å²) in [6, 6.07) is 0.349. The summed E-state index contributed by atoms with van der Waals surface area (Å²) >= 11 is 0. The first kappa shape index (κ1) is 11.6. The van der Waals surface area contributed by atoms with Gasteiger partial charge in [-0.2, -0.15) is 5.10 Å². The van der Waals surface area contributed by atoms with Crippen molar-refractivity contribution in [2.24, 2.45) is 18.2 Å². The normalized spacial score (nSPS) is 33.9. The third-order valence-corrected chi connectivity index (χ3v) is 4.81. The maximum absolute atomic E-state index is 6.17. The lowest BCUT2D eigenvalue weighted by Gasteiger charge is -2.53. The van der Waals surface area contributed by atoms with Gasteiger partial charge in [0.05, 0.1) is 5.69 Å². The number of aryl methyl sites for hydroxylation is 2. The summed E-state index contributed by atoms with van der Waals surface area (Å²) < 4.78 is 1.99. The molecular formula is C13H23N3. The summed E-state index contributed by atoms with van der Waals surface area (Å²) in [4.78, 5) is 0. The topological polar surface area (TPSA) is 43.8 Å². The fraction of sp³-hybridized carbons (Fsp3) is 0.769. The van der Waals surface area contributed by atoms with Gasteiger partial charge in [-0.25, -0.2) is 0 Å². The van der Waals surface area contributed by atoms with E-state index in [4.69, 9.17) is 5.73 Å². The quantitative estimate of drug-likeness (QED) is 0.832. The first-order valence-corrected chi connectivity index (χ1v) is 6.17. The Morgan fingerprint density at radius 2 is 2.12 bits per heavy atom. The van der Waals surface area contributed by atoms with Crippen molar-refractivity contribution in [2.75, 3.05) is 0 Å². The highest BCUT2D eigenvalue weighted by Gasteiger charge is 2.50. The predicted octanol–water partition coefficient (Wildman–Crippen LogP) is 2.27. The molecule has 3 unspecified atom stereocenters. The van der Waals surface area contributed by atoms with E-state index in [0.717, 1.165) is 12.8 Å². The molecule has 0 bridgehead atoms. The Balaban J connectivity index is 2.40. The van der Waals surface area contributed by atoms with Crippen molar-refractivity contribution in [3.8, 4) is 0 Å². The second-order valence-electron chi connectivity index (χ2n) is 5.46. The molecule has 0 amide bonds. The molecule has 1 aliphatic rings. The minimum absolute atomic E-state index is 0.262. The third kappa shape index (κ3) is 1.34. The Morgan fingerprint density at radius 1 is 1.50 bits per heavy atom. The third-order valence-electron chi connectivity index (χ3n) is 4.81. The molecule has 1 aromatic heterocycles. The molecule has 2 N–H and O–H groups in total. The lowest BCUT2D eigenvalue weighted by molar-refractivity contribution is 0.0697. The van der Waals surface area contributed by atoms with Crippen LogP contribution >= 0.6 is 0 Å². The van der Waals surface area contributed by atoms with Gasteiger partial charge in [0.1, 0.15) is 0 Å². The summed E-state index contributed by atoms with van der Waals surface area (Å²) in [5.74, 6) is 0.598. The van der Waals surface area contributed by atoms with E-state index < -0.39 is 0 Å². The van der Waals surface area contributed by atoms with Gasteiger partial charge in [0, 0.05) is 18.8 Å². The van der Waals surface area contributed by atoms with Gasteiger partial charge in [0.2, 0.25) is 0 Å². The van der Waals surface area contributed by atoms with Crippen LogP contribution in [0.25, 0.3) is 0 Å². The molecule has 1 aromatic rings. The van der Waals surface area contributed by atoms with E-state index >= 15 is 0 Å². The molecule has 1 fully saturated rings. The zero-order valence-electron chi connectivity index (χ0n) is 11.0. The monoisotopic (exact) mass is 221 g/mol. The average molecular weight is 221 g/mol. The molecular weight excluding hydrogens is 198 g/mol. The van der Waals surface area contributed by atoms with Crippen LogP contribution in [0, 0.1) is 19.3 Å². The van der Waals surface area contributed by atoms with Crippen LogP contribution in [-0.2, 0) is 7.05 Å². The molecule has 0 aromatic carbocycles. The van der Waals surface area contributed by atoms with Crippen LogP contribution in [0.3, 0.4) is 0 Å². The van der Waals surface area contributed by atoms with E-state index in [0.29, 0.717) is 12.0 Å². The van der Waals surface area contributed by atoms with Crippen molar-refractivity contribution in [2.45, 2.75) is 52.5 Å². The average Bonchev–Trinajstić information content (AvgIpc) is 2.49. The second-order valence-corrected chi connectivity index (χ2v) is 5.46. The minimum atomic E-state index is 0.262. The summed E-state index contributed by atoms with van der Waals surface area (Å²) in [5.41, 5.74) is 10.4. The molecule has 3 atom stereocenters. The molecule has 1 saturated carbocycles. The second kappa shape index (κ2) is 3.59. The summed E-state index contributed by atoms with van der Waals surface area (Å²) in [7, 11) is 2.02. The SMILES string of the molecule is CCC1(C)C(N)CC1c1c(C)nn(C)c1C. The van der Waals surface area contributed by atoms with Gasteiger partial charge in [-0.05, 0) is 43.6 Å². The van der Waals surface area contributed by atoms with E-state index in [1.807, 2.05) is 11.7 Å². The van der Waals surface area contributed by atoms with Crippen LogP contribution in [0.15, 0.2) is 0 Å². The van der Waals surface area contributed by atoms with Crippen molar-refractivity contribution in [3.05, 3.63) is 17.0 Å². The highest BCUT2D eigenvalue weighted by atomic mass is 15.3. The zero-order chi connectivity index (χ0) is 12.1. The largest absolute Gasteiger partial charge is 0.327 e. The maximum Gasteiger partial charge on any atom is 0.0631 e. The van der Waals surface area contributed by atoms with Crippen LogP contribution in [-0.4, -0.2) is 15.8 Å². The van der Waals surface area contributed by atoms with Crippen LogP contribution in [0.2, 0.25) is 0 Å². The Kier molecular flexibility index (Phi) is 2.61. The highest BCUT2D eigenvalue weighted by Crippen LogP contribution is 2.55. The Labute approximate surface area is 98.0 Å². The summed E-state index contributed by atoms with van der Waals surface area (Å²) in [6.07, 6.45) is 2.25. The molecule has 16 heavy (non-hydrogen) atoms. The van der Waals surface area contributed by atoms with Crippen molar-refractivity contribution in [3.63, 3.8) is 0 Å². The molecule has 3 nitrogen and oxygen atoms in total. The van der Waals surface area contributed by atoms with Crippen LogP contribution < -0.4 is 5.73 Å².